The fourth-order valence-electron chi connectivity index (χ4n) is 3.88. The summed E-state index contributed by atoms with van der Waals surface area (Å²) >= 11 is 1.74. The Morgan fingerprint density at radius 1 is 1.24 bits per heavy atom. The van der Waals surface area contributed by atoms with Gasteiger partial charge in [0.15, 0.2) is 5.84 Å². The number of hydrogen-bond acceptors (Lipinski definition) is 7. The smallest absolute Gasteiger partial charge is 0.158 e. The van der Waals surface area contributed by atoms with E-state index in [4.69, 9.17) is 14.7 Å². The van der Waals surface area contributed by atoms with E-state index in [0.29, 0.717) is 12.0 Å². The zero-order valence-corrected chi connectivity index (χ0v) is 18.8. The summed E-state index contributed by atoms with van der Waals surface area (Å²) in [6.07, 6.45) is 1.25. The van der Waals surface area contributed by atoms with Crippen LogP contribution in [-0.2, 0) is 4.74 Å². The molecule has 3 heterocycles. The second-order valence-electron chi connectivity index (χ2n) is 8.32. The van der Waals surface area contributed by atoms with Gasteiger partial charge in [-0.15, -0.1) is 11.3 Å². The fourth-order valence-corrected chi connectivity index (χ4v) is 4.86. The number of rotatable bonds is 4. The summed E-state index contributed by atoms with van der Waals surface area (Å²) in [5.74, 6) is 1.39. The van der Waals surface area contributed by atoms with E-state index in [2.05, 4.69) is 61.1 Å². The van der Waals surface area contributed by atoms with Gasteiger partial charge in [-0.1, -0.05) is 26.0 Å². The maximum absolute atomic E-state index is 5.54. The van der Waals surface area contributed by atoms with Crippen molar-refractivity contribution in [1.29, 1.82) is 0 Å². The Morgan fingerprint density at radius 2 is 2.03 bits per heavy atom. The van der Waals surface area contributed by atoms with E-state index in [1.807, 2.05) is 6.07 Å². The van der Waals surface area contributed by atoms with Gasteiger partial charge in [0.2, 0.25) is 0 Å². The van der Waals surface area contributed by atoms with E-state index in [1.54, 1.807) is 18.4 Å². The molecule has 1 aromatic heterocycles. The molecule has 1 unspecified atom stereocenters. The van der Waals surface area contributed by atoms with Crippen molar-refractivity contribution in [2.24, 2.45) is 4.99 Å². The SMILES string of the molecule is COC(C)C[C@H]1CN(C2=Nc3ccccc3Nc3sc(C(C)C)nc32)CCN1C. The highest BCUT2D eigenvalue weighted by Gasteiger charge is 2.32. The van der Waals surface area contributed by atoms with Crippen molar-refractivity contribution >= 4 is 33.5 Å². The third kappa shape index (κ3) is 4.17. The number of hydrogen-bond donors (Lipinski definition) is 1. The Hall–Kier alpha value is -1.96. The average molecular weight is 414 g/mol. The van der Waals surface area contributed by atoms with Gasteiger partial charge >= 0.3 is 0 Å². The number of para-hydroxylation sites is 2. The van der Waals surface area contributed by atoms with Crippen LogP contribution in [0.25, 0.3) is 0 Å². The lowest BCUT2D eigenvalue weighted by molar-refractivity contribution is 0.0564. The number of likely N-dealkylation sites (N-methyl/N-ethyl adjacent to an activating group) is 1. The van der Waals surface area contributed by atoms with Gasteiger partial charge in [-0.25, -0.2) is 9.98 Å². The minimum atomic E-state index is 0.239. The topological polar surface area (TPSA) is 53.0 Å². The number of aliphatic imine (C=N–C) groups is 1. The molecule has 0 bridgehead atoms. The lowest BCUT2D eigenvalue weighted by Gasteiger charge is -2.41. The molecule has 156 valence electrons. The summed E-state index contributed by atoms with van der Waals surface area (Å²) in [5, 5.41) is 5.84. The van der Waals surface area contributed by atoms with Gasteiger partial charge in [-0.3, -0.25) is 4.90 Å². The standard InChI is InChI=1S/C22H31N5OS/c1-14(2)21-25-19-20(23-17-8-6-7-9-18(17)24-22(19)29-21)27-11-10-26(4)16(13-27)12-15(3)28-5/h6-9,14-16,24H,10-13H2,1-5H3/t15?,16-/m0/s1. The molecule has 1 saturated heterocycles. The number of methoxy groups -OCH3 is 1. The molecule has 0 aliphatic carbocycles. The van der Waals surface area contributed by atoms with Crippen molar-refractivity contribution in [2.45, 2.75) is 45.3 Å². The summed E-state index contributed by atoms with van der Waals surface area (Å²) in [7, 11) is 4.00. The van der Waals surface area contributed by atoms with Gasteiger partial charge in [-0.05, 0) is 32.5 Å². The molecule has 0 spiro atoms. The van der Waals surface area contributed by atoms with Crippen LogP contribution in [0, 0.1) is 0 Å². The van der Waals surface area contributed by atoms with Crippen LogP contribution >= 0.6 is 11.3 Å². The van der Waals surface area contributed by atoms with Gasteiger partial charge in [0.1, 0.15) is 10.7 Å². The highest BCUT2D eigenvalue weighted by atomic mass is 32.1. The van der Waals surface area contributed by atoms with E-state index < -0.39 is 0 Å². The number of benzene rings is 1. The number of ether oxygens (including phenoxy) is 1. The molecule has 7 heteroatoms. The van der Waals surface area contributed by atoms with Crippen LogP contribution in [0.2, 0.25) is 0 Å². The van der Waals surface area contributed by atoms with Crippen LogP contribution < -0.4 is 5.32 Å². The molecule has 29 heavy (non-hydrogen) atoms. The van der Waals surface area contributed by atoms with E-state index >= 15 is 0 Å². The number of thiazole rings is 1. The van der Waals surface area contributed by atoms with E-state index in [-0.39, 0.29) is 6.10 Å². The molecule has 1 aromatic carbocycles. The molecule has 2 aromatic rings. The fraction of sp³-hybridized carbons (Fsp3) is 0.545. The van der Waals surface area contributed by atoms with E-state index in [1.165, 1.54) is 0 Å². The van der Waals surface area contributed by atoms with Crippen molar-refractivity contribution in [3.8, 4) is 0 Å². The summed E-state index contributed by atoms with van der Waals surface area (Å²) in [6.45, 7) is 9.42. The maximum atomic E-state index is 5.54. The lowest BCUT2D eigenvalue weighted by Crippen LogP contribution is -2.54. The van der Waals surface area contributed by atoms with Crippen LogP contribution in [-0.4, -0.2) is 66.6 Å². The van der Waals surface area contributed by atoms with Crippen molar-refractivity contribution < 1.29 is 4.74 Å². The molecule has 4 rings (SSSR count). The Kier molecular flexibility index (Phi) is 5.90. The number of fused-ring (bicyclic) bond motifs is 2. The molecular weight excluding hydrogens is 382 g/mol. The van der Waals surface area contributed by atoms with Crippen LogP contribution in [0.1, 0.15) is 43.8 Å². The molecule has 2 atom stereocenters. The third-order valence-corrected chi connectivity index (χ3v) is 7.08. The lowest BCUT2D eigenvalue weighted by atomic mass is 10.1. The number of nitrogens with zero attached hydrogens (tertiary/aromatic N) is 4. The zero-order valence-electron chi connectivity index (χ0n) is 18.0. The summed E-state index contributed by atoms with van der Waals surface area (Å²) < 4.78 is 5.54. The van der Waals surface area contributed by atoms with Gasteiger partial charge in [0.05, 0.1) is 22.5 Å². The van der Waals surface area contributed by atoms with Crippen LogP contribution in [0.5, 0.6) is 0 Å². The number of aromatic nitrogens is 1. The minimum absolute atomic E-state index is 0.239. The number of nitrogens with one attached hydrogen (secondary N) is 1. The van der Waals surface area contributed by atoms with Crippen molar-refractivity contribution in [3.63, 3.8) is 0 Å². The predicted octanol–water partition coefficient (Wildman–Crippen LogP) is 4.44. The molecule has 0 amide bonds. The van der Waals surface area contributed by atoms with Crippen molar-refractivity contribution in [2.75, 3.05) is 39.1 Å². The average Bonchev–Trinajstić information content (AvgIpc) is 3.06. The molecule has 1 fully saturated rings. The summed E-state index contributed by atoms with van der Waals surface area (Å²) in [4.78, 5) is 15.0. The molecule has 6 nitrogen and oxygen atoms in total. The predicted molar refractivity (Wildman–Crippen MR) is 121 cm³/mol. The van der Waals surface area contributed by atoms with Crippen LogP contribution in [0.3, 0.4) is 0 Å². The molecule has 1 N–H and O–H groups in total. The van der Waals surface area contributed by atoms with Crippen LogP contribution in [0.15, 0.2) is 29.3 Å². The second-order valence-corrected chi connectivity index (χ2v) is 9.36. The molecule has 2 aliphatic heterocycles. The third-order valence-electron chi connectivity index (χ3n) is 5.81. The highest BCUT2D eigenvalue weighted by Crippen LogP contribution is 2.39. The summed E-state index contributed by atoms with van der Waals surface area (Å²) in [6, 6.07) is 8.69. The highest BCUT2D eigenvalue weighted by molar-refractivity contribution is 7.16. The summed E-state index contributed by atoms with van der Waals surface area (Å²) in [5.41, 5.74) is 3.00. The quantitative estimate of drug-likeness (QED) is 0.803. The first-order valence-corrected chi connectivity index (χ1v) is 11.2. The first-order valence-electron chi connectivity index (χ1n) is 10.4. The zero-order chi connectivity index (χ0) is 20.5. The van der Waals surface area contributed by atoms with Gasteiger partial charge < -0.3 is 15.0 Å². The Morgan fingerprint density at radius 3 is 2.79 bits per heavy atom. The number of anilines is 2. The molecular formula is C22H31N5OS. The van der Waals surface area contributed by atoms with Gasteiger partial charge in [-0.2, -0.15) is 0 Å². The Bertz CT molecular complexity index is 893. The monoisotopic (exact) mass is 413 g/mol. The van der Waals surface area contributed by atoms with Crippen LogP contribution in [0.4, 0.5) is 16.4 Å². The van der Waals surface area contributed by atoms with E-state index in [9.17, 15) is 0 Å². The number of piperazine rings is 1. The van der Waals surface area contributed by atoms with Gasteiger partial charge in [0, 0.05) is 38.7 Å². The largest absolute Gasteiger partial charge is 0.382 e. The molecule has 2 aliphatic rings. The Balaban J connectivity index is 1.72. The maximum Gasteiger partial charge on any atom is 0.158 e. The Labute approximate surface area is 177 Å². The normalized spacial score (nSPS) is 20.6. The minimum Gasteiger partial charge on any atom is -0.382 e. The number of amidine groups is 1. The first kappa shape index (κ1) is 20.3. The van der Waals surface area contributed by atoms with E-state index in [0.717, 1.165) is 59.0 Å². The molecule has 0 radical (unpaired) electrons. The van der Waals surface area contributed by atoms with Crippen molar-refractivity contribution in [3.05, 3.63) is 35.0 Å². The molecule has 0 saturated carbocycles. The second kappa shape index (κ2) is 8.42. The first-order chi connectivity index (χ1) is 14.0. The van der Waals surface area contributed by atoms with Crippen molar-refractivity contribution in [1.82, 2.24) is 14.8 Å². The van der Waals surface area contributed by atoms with Gasteiger partial charge in [0.25, 0.3) is 0 Å².